The van der Waals surface area contributed by atoms with Crippen molar-refractivity contribution in [2.75, 3.05) is 7.11 Å². The van der Waals surface area contributed by atoms with Crippen molar-refractivity contribution in [2.24, 2.45) is 11.8 Å². The summed E-state index contributed by atoms with van der Waals surface area (Å²) in [5, 5.41) is -0.342. The van der Waals surface area contributed by atoms with Crippen molar-refractivity contribution in [1.82, 2.24) is 0 Å². The molecule has 1 rings (SSSR count). The van der Waals surface area contributed by atoms with Crippen LogP contribution in [0.4, 0.5) is 0 Å². The van der Waals surface area contributed by atoms with Crippen LogP contribution in [0.1, 0.15) is 12.8 Å². The van der Waals surface area contributed by atoms with E-state index in [1.165, 1.54) is 7.11 Å². The van der Waals surface area contributed by atoms with Crippen LogP contribution in [0.25, 0.3) is 0 Å². The Hall–Kier alpha value is -0.570. The summed E-state index contributed by atoms with van der Waals surface area (Å²) in [6.45, 7) is 0. The van der Waals surface area contributed by atoms with Crippen molar-refractivity contribution in [3.63, 3.8) is 0 Å². The van der Waals surface area contributed by atoms with Gasteiger partial charge in [-0.25, -0.2) is 0 Å². The third kappa shape index (κ3) is 1.71. The number of ether oxygens (including phenoxy) is 1. The first-order chi connectivity index (χ1) is 5.15. The Morgan fingerprint density at radius 1 is 1.36 bits per heavy atom. The zero-order valence-electron chi connectivity index (χ0n) is 6.17. The van der Waals surface area contributed by atoms with Crippen LogP contribution in [0, 0.1) is 11.8 Å². The molecule has 0 radical (unpaired) electrons. The highest BCUT2D eigenvalue weighted by Crippen LogP contribution is 2.35. The summed E-state index contributed by atoms with van der Waals surface area (Å²) < 4.78 is 4.49. The fraction of sp³-hybridized carbons (Fsp3) is 0.714. The molecule has 0 unspecified atom stereocenters. The smallest absolute Gasteiger partial charge is 0.308 e. The van der Waals surface area contributed by atoms with Crippen molar-refractivity contribution in [3.05, 3.63) is 0 Å². The van der Waals surface area contributed by atoms with E-state index in [4.69, 9.17) is 11.6 Å². The van der Waals surface area contributed by atoms with Gasteiger partial charge in [0.2, 0.25) is 5.24 Å². The maximum atomic E-state index is 10.8. The summed E-state index contributed by atoms with van der Waals surface area (Å²) in [6, 6.07) is 0. The molecule has 0 amide bonds. The van der Waals surface area contributed by atoms with Crippen LogP contribution < -0.4 is 0 Å². The van der Waals surface area contributed by atoms with Crippen LogP contribution in [0.3, 0.4) is 0 Å². The third-order valence-electron chi connectivity index (χ3n) is 1.99. The molecule has 0 aliphatic heterocycles. The van der Waals surface area contributed by atoms with E-state index >= 15 is 0 Å². The predicted molar refractivity (Wildman–Crippen MR) is 39.1 cm³/mol. The first-order valence-corrected chi connectivity index (χ1v) is 3.80. The van der Waals surface area contributed by atoms with Crippen LogP contribution >= 0.6 is 11.6 Å². The minimum Gasteiger partial charge on any atom is -0.469 e. The number of methoxy groups -OCH3 is 1. The van der Waals surface area contributed by atoms with Gasteiger partial charge in [-0.05, 0) is 24.4 Å². The largest absolute Gasteiger partial charge is 0.469 e. The summed E-state index contributed by atoms with van der Waals surface area (Å²) >= 11 is 5.20. The average Bonchev–Trinajstić information content (AvgIpc) is 1.83. The first-order valence-electron chi connectivity index (χ1n) is 3.42. The van der Waals surface area contributed by atoms with Crippen LogP contribution in [-0.4, -0.2) is 18.3 Å². The molecule has 0 heterocycles. The van der Waals surface area contributed by atoms with Gasteiger partial charge >= 0.3 is 5.97 Å². The Kier molecular flexibility index (Phi) is 2.49. The number of hydrogen-bond donors (Lipinski definition) is 0. The van der Waals surface area contributed by atoms with Gasteiger partial charge in [-0.1, -0.05) is 0 Å². The number of carbonyl (C=O) groups excluding carboxylic acids is 2. The van der Waals surface area contributed by atoms with E-state index in [9.17, 15) is 9.59 Å². The van der Waals surface area contributed by atoms with Gasteiger partial charge in [-0.15, -0.1) is 0 Å². The maximum Gasteiger partial charge on any atom is 0.308 e. The van der Waals surface area contributed by atoms with Crippen LogP contribution in [-0.2, 0) is 14.3 Å². The molecule has 0 atom stereocenters. The van der Waals surface area contributed by atoms with Crippen molar-refractivity contribution in [1.29, 1.82) is 0 Å². The average molecular weight is 177 g/mol. The monoisotopic (exact) mass is 176 g/mol. The number of halogens is 1. The van der Waals surface area contributed by atoms with Crippen LogP contribution in [0.5, 0.6) is 0 Å². The number of hydrogen-bond acceptors (Lipinski definition) is 3. The lowest BCUT2D eigenvalue weighted by Gasteiger charge is -2.29. The van der Waals surface area contributed by atoms with E-state index in [0.29, 0.717) is 12.8 Å². The Labute approximate surface area is 69.7 Å². The van der Waals surface area contributed by atoms with E-state index in [-0.39, 0.29) is 23.0 Å². The maximum absolute atomic E-state index is 10.8. The molecular weight excluding hydrogens is 168 g/mol. The fourth-order valence-electron chi connectivity index (χ4n) is 1.16. The highest BCUT2D eigenvalue weighted by molar-refractivity contribution is 6.64. The standard InChI is InChI=1S/C7H9ClO3/c1-11-7(10)5-2-4(3-5)6(8)9/h4-5H,2-3H2,1H3. The summed E-state index contributed by atoms with van der Waals surface area (Å²) in [5.41, 5.74) is 0. The SMILES string of the molecule is COC(=O)C1CC(C(=O)Cl)C1. The van der Waals surface area contributed by atoms with Gasteiger partial charge in [0.25, 0.3) is 0 Å². The summed E-state index contributed by atoms with van der Waals surface area (Å²) in [7, 11) is 1.35. The first kappa shape index (κ1) is 8.53. The number of esters is 1. The quantitative estimate of drug-likeness (QED) is 0.465. The van der Waals surface area contributed by atoms with Crippen molar-refractivity contribution >= 4 is 22.8 Å². The summed E-state index contributed by atoms with van der Waals surface area (Å²) in [4.78, 5) is 21.3. The van der Waals surface area contributed by atoms with Gasteiger partial charge < -0.3 is 4.74 Å². The molecule has 4 heteroatoms. The van der Waals surface area contributed by atoms with E-state index in [2.05, 4.69) is 4.74 Å². The van der Waals surface area contributed by atoms with Gasteiger partial charge in [-0.3, -0.25) is 9.59 Å². The zero-order chi connectivity index (χ0) is 8.43. The highest BCUT2D eigenvalue weighted by atomic mass is 35.5. The summed E-state index contributed by atoms with van der Waals surface area (Å²) in [5.74, 6) is -0.465. The molecule has 0 N–H and O–H groups in total. The molecule has 0 aromatic heterocycles. The van der Waals surface area contributed by atoms with Gasteiger partial charge in [0.05, 0.1) is 13.0 Å². The van der Waals surface area contributed by atoms with Crippen LogP contribution in [0.15, 0.2) is 0 Å². The lowest BCUT2D eigenvalue weighted by molar-refractivity contribution is -0.150. The molecule has 0 aromatic rings. The Morgan fingerprint density at radius 3 is 2.27 bits per heavy atom. The Balaban J connectivity index is 2.29. The second-order valence-electron chi connectivity index (χ2n) is 2.69. The van der Waals surface area contributed by atoms with E-state index < -0.39 is 0 Å². The van der Waals surface area contributed by atoms with Crippen LogP contribution in [0.2, 0.25) is 0 Å². The van der Waals surface area contributed by atoms with Crippen molar-refractivity contribution in [3.8, 4) is 0 Å². The van der Waals surface area contributed by atoms with E-state index in [0.717, 1.165) is 0 Å². The van der Waals surface area contributed by atoms with E-state index in [1.807, 2.05) is 0 Å². The van der Waals surface area contributed by atoms with Crippen molar-refractivity contribution < 1.29 is 14.3 Å². The number of rotatable bonds is 2. The van der Waals surface area contributed by atoms with Gasteiger partial charge in [0.15, 0.2) is 0 Å². The molecule has 1 saturated carbocycles. The Bertz CT molecular complexity index is 184. The highest BCUT2D eigenvalue weighted by Gasteiger charge is 2.38. The van der Waals surface area contributed by atoms with E-state index in [1.54, 1.807) is 0 Å². The predicted octanol–water partition coefficient (Wildman–Crippen LogP) is 0.951. The molecule has 3 nitrogen and oxygen atoms in total. The molecule has 1 fully saturated rings. The molecule has 1 aliphatic rings. The molecular formula is C7H9ClO3. The molecule has 1 aliphatic carbocycles. The molecule has 11 heavy (non-hydrogen) atoms. The minimum atomic E-state index is -0.342. The second-order valence-corrected chi connectivity index (χ2v) is 3.07. The molecule has 0 spiro atoms. The van der Waals surface area contributed by atoms with Crippen molar-refractivity contribution in [2.45, 2.75) is 12.8 Å². The number of carbonyl (C=O) groups is 2. The normalized spacial score (nSPS) is 28.9. The summed E-state index contributed by atoms with van der Waals surface area (Å²) in [6.07, 6.45) is 1.10. The lowest BCUT2D eigenvalue weighted by Crippen LogP contribution is -2.34. The Morgan fingerprint density at radius 2 is 1.91 bits per heavy atom. The van der Waals surface area contributed by atoms with Gasteiger partial charge in [0, 0.05) is 5.92 Å². The molecule has 62 valence electrons. The minimum absolute atomic E-state index is 0.104. The van der Waals surface area contributed by atoms with Gasteiger partial charge in [0.1, 0.15) is 0 Å². The second kappa shape index (κ2) is 3.22. The molecule has 0 aromatic carbocycles. The molecule has 0 bridgehead atoms. The lowest BCUT2D eigenvalue weighted by atomic mass is 9.76. The zero-order valence-corrected chi connectivity index (χ0v) is 6.93. The topological polar surface area (TPSA) is 43.4 Å². The molecule has 0 saturated heterocycles. The third-order valence-corrected chi connectivity index (χ3v) is 2.30. The van der Waals surface area contributed by atoms with Gasteiger partial charge in [-0.2, -0.15) is 0 Å². The fourth-order valence-corrected chi connectivity index (χ4v) is 1.34.